The van der Waals surface area contributed by atoms with E-state index >= 15 is 0 Å². The second-order valence-electron chi connectivity index (χ2n) is 3.86. The third-order valence-electron chi connectivity index (χ3n) is 2.53. The summed E-state index contributed by atoms with van der Waals surface area (Å²) in [5.41, 5.74) is 1.27. The Hall–Kier alpha value is -0.670. The molecule has 0 bridgehead atoms. The Balaban J connectivity index is 2.14. The molecule has 0 spiro atoms. The molecule has 84 valence electrons. The minimum atomic E-state index is 0.307. The minimum Gasteiger partial charge on any atom is -0.308 e. The molecule has 0 aliphatic carbocycles. The summed E-state index contributed by atoms with van der Waals surface area (Å²) >= 11 is 1.69. The van der Waals surface area contributed by atoms with Gasteiger partial charge in [0.25, 0.3) is 0 Å². The van der Waals surface area contributed by atoms with Crippen molar-refractivity contribution < 1.29 is 4.79 Å². The van der Waals surface area contributed by atoms with Crippen LogP contribution >= 0.6 is 11.3 Å². The Kier molecular flexibility index (Phi) is 5.58. The van der Waals surface area contributed by atoms with E-state index in [4.69, 9.17) is 0 Å². The van der Waals surface area contributed by atoms with E-state index in [1.54, 1.807) is 11.3 Å². The minimum absolute atomic E-state index is 0.307. The van der Waals surface area contributed by atoms with Gasteiger partial charge in [0.2, 0.25) is 0 Å². The first-order valence-corrected chi connectivity index (χ1v) is 6.42. The van der Waals surface area contributed by atoms with Crippen LogP contribution in [0.3, 0.4) is 0 Å². The zero-order valence-corrected chi connectivity index (χ0v) is 10.3. The van der Waals surface area contributed by atoms with Crippen molar-refractivity contribution in [3.63, 3.8) is 0 Å². The van der Waals surface area contributed by atoms with E-state index in [0.717, 1.165) is 12.8 Å². The van der Waals surface area contributed by atoms with Crippen molar-refractivity contribution in [1.82, 2.24) is 5.32 Å². The lowest BCUT2D eigenvalue weighted by Crippen LogP contribution is -2.30. The smallest absolute Gasteiger partial charge is 0.146 e. The number of ketones is 1. The average Bonchev–Trinajstić information content (AvgIpc) is 2.75. The molecular formula is C12H19NOS. The molecule has 1 aromatic heterocycles. The van der Waals surface area contributed by atoms with Crippen LogP contribution in [0.25, 0.3) is 0 Å². The SMILES string of the molecule is CCC(C)NCC(=O)CCc1ccsc1. The van der Waals surface area contributed by atoms with Crippen molar-refractivity contribution in [2.24, 2.45) is 0 Å². The highest BCUT2D eigenvalue weighted by molar-refractivity contribution is 7.07. The zero-order valence-electron chi connectivity index (χ0n) is 9.45. The number of hydrogen-bond donors (Lipinski definition) is 1. The summed E-state index contributed by atoms with van der Waals surface area (Å²) in [6, 6.07) is 2.52. The highest BCUT2D eigenvalue weighted by Gasteiger charge is 2.04. The number of hydrogen-bond acceptors (Lipinski definition) is 3. The summed E-state index contributed by atoms with van der Waals surface area (Å²) in [5.74, 6) is 0.307. The lowest BCUT2D eigenvalue weighted by atomic mass is 10.1. The van der Waals surface area contributed by atoms with Crippen LogP contribution in [-0.4, -0.2) is 18.4 Å². The summed E-state index contributed by atoms with van der Waals surface area (Å²) in [6.45, 7) is 4.73. The summed E-state index contributed by atoms with van der Waals surface area (Å²) in [7, 11) is 0. The van der Waals surface area contributed by atoms with E-state index in [9.17, 15) is 4.79 Å². The number of thiophene rings is 1. The zero-order chi connectivity index (χ0) is 11.1. The van der Waals surface area contributed by atoms with Gasteiger partial charge in [-0.1, -0.05) is 6.92 Å². The molecule has 0 aliphatic heterocycles. The molecular weight excluding hydrogens is 206 g/mol. The second kappa shape index (κ2) is 6.75. The molecule has 0 radical (unpaired) electrons. The first-order chi connectivity index (χ1) is 7.22. The predicted octanol–water partition coefficient (Wildman–Crippen LogP) is 2.64. The van der Waals surface area contributed by atoms with Crippen LogP contribution < -0.4 is 5.32 Å². The average molecular weight is 225 g/mol. The van der Waals surface area contributed by atoms with Gasteiger partial charge in [-0.2, -0.15) is 11.3 Å². The van der Waals surface area contributed by atoms with E-state index in [2.05, 4.69) is 36.0 Å². The van der Waals surface area contributed by atoms with Crippen LogP contribution in [0.4, 0.5) is 0 Å². The fourth-order valence-electron chi connectivity index (χ4n) is 1.24. The van der Waals surface area contributed by atoms with Crippen LogP contribution in [0.2, 0.25) is 0 Å². The van der Waals surface area contributed by atoms with Crippen molar-refractivity contribution in [3.8, 4) is 0 Å². The van der Waals surface area contributed by atoms with Gasteiger partial charge in [0, 0.05) is 12.5 Å². The molecule has 1 N–H and O–H groups in total. The lowest BCUT2D eigenvalue weighted by Gasteiger charge is -2.09. The quantitative estimate of drug-likeness (QED) is 0.773. The predicted molar refractivity (Wildman–Crippen MR) is 65.4 cm³/mol. The number of aryl methyl sites for hydroxylation is 1. The van der Waals surface area contributed by atoms with Crippen LogP contribution in [0.15, 0.2) is 16.8 Å². The molecule has 0 fully saturated rings. The molecule has 15 heavy (non-hydrogen) atoms. The molecule has 0 aromatic carbocycles. The molecule has 0 aliphatic rings. The first kappa shape index (κ1) is 12.4. The standard InChI is InChI=1S/C12H19NOS/c1-3-10(2)13-8-12(14)5-4-11-6-7-15-9-11/h6-7,9-10,13H,3-5,8H2,1-2H3. The fraction of sp³-hybridized carbons (Fsp3) is 0.583. The molecule has 0 saturated heterocycles. The van der Waals surface area contributed by atoms with Gasteiger partial charge in [0.05, 0.1) is 6.54 Å². The highest BCUT2D eigenvalue weighted by Crippen LogP contribution is 2.08. The maximum absolute atomic E-state index is 11.5. The molecule has 2 nitrogen and oxygen atoms in total. The van der Waals surface area contributed by atoms with Gasteiger partial charge in [0.1, 0.15) is 5.78 Å². The molecule has 1 unspecified atom stereocenters. The third-order valence-corrected chi connectivity index (χ3v) is 3.26. The second-order valence-corrected chi connectivity index (χ2v) is 4.64. The van der Waals surface area contributed by atoms with E-state index in [1.807, 2.05) is 0 Å². The molecule has 1 aromatic rings. The maximum Gasteiger partial charge on any atom is 0.146 e. The number of carbonyl (C=O) groups is 1. The van der Waals surface area contributed by atoms with E-state index in [0.29, 0.717) is 24.8 Å². The van der Waals surface area contributed by atoms with E-state index < -0.39 is 0 Å². The van der Waals surface area contributed by atoms with Crippen molar-refractivity contribution in [2.45, 2.75) is 39.2 Å². The Morgan fingerprint density at radius 1 is 1.60 bits per heavy atom. The van der Waals surface area contributed by atoms with Gasteiger partial charge in [-0.25, -0.2) is 0 Å². The van der Waals surface area contributed by atoms with Crippen LogP contribution in [0, 0.1) is 0 Å². The maximum atomic E-state index is 11.5. The van der Waals surface area contributed by atoms with Gasteiger partial charge in [-0.05, 0) is 42.2 Å². The van der Waals surface area contributed by atoms with E-state index in [1.165, 1.54) is 5.56 Å². The molecule has 3 heteroatoms. The van der Waals surface area contributed by atoms with Gasteiger partial charge >= 0.3 is 0 Å². The van der Waals surface area contributed by atoms with Gasteiger partial charge in [0.15, 0.2) is 0 Å². The van der Waals surface area contributed by atoms with Crippen molar-refractivity contribution in [1.29, 1.82) is 0 Å². The summed E-state index contributed by atoms with van der Waals surface area (Å²) < 4.78 is 0. The van der Waals surface area contributed by atoms with Crippen molar-refractivity contribution >= 4 is 17.1 Å². The van der Waals surface area contributed by atoms with Crippen LogP contribution in [0.1, 0.15) is 32.3 Å². The molecule has 1 heterocycles. The summed E-state index contributed by atoms with van der Waals surface area (Å²) in [6.07, 6.45) is 2.60. The topological polar surface area (TPSA) is 29.1 Å². The fourth-order valence-corrected chi connectivity index (χ4v) is 1.94. The number of carbonyl (C=O) groups excluding carboxylic acids is 1. The van der Waals surface area contributed by atoms with E-state index in [-0.39, 0.29) is 0 Å². The Bertz CT molecular complexity index is 282. The van der Waals surface area contributed by atoms with Crippen molar-refractivity contribution in [2.75, 3.05) is 6.54 Å². The van der Waals surface area contributed by atoms with Crippen LogP contribution in [0.5, 0.6) is 0 Å². The number of Topliss-reactive ketones (excluding diaryl/α,β-unsaturated/α-hetero) is 1. The van der Waals surface area contributed by atoms with Gasteiger partial charge < -0.3 is 5.32 Å². The molecule has 0 amide bonds. The molecule has 1 rings (SSSR count). The van der Waals surface area contributed by atoms with Crippen LogP contribution in [-0.2, 0) is 11.2 Å². The summed E-state index contributed by atoms with van der Waals surface area (Å²) in [4.78, 5) is 11.5. The largest absolute Gasteiger partial charge is 0.308 e. The number of rotatable bonds is 7. The summed E-state index contributed by atoms with van der Waals surface area (Å²) in [5, 5.41) is 7.37. The lowest BCUT2D eigenvalue weighted by molar-refractivity contribution is -0.118. The number of nitrogens with one attached hydrogen (secondary N) is 1. The van der Waals surface area contributed by atoms with Gasteiger partial charge in [-0.3, -0.25) is 4.79 Å². The molecule has 0 saturated carbocycles. The van der Waals surface area contributed by atoms with Gasteiger partial charge in [-0.15, -0.1) is 0 Å². The monoisotopic (exact) mass is 225 g/mol. The Labute approximate surface area is 95.7 Å². The highest BCUT2D eigenvalue weighted by atomic mass is 32.1. The first-order valence-electron chi connectivity index (χ1n) is 5.48. The normalized spacial score (nSPS) is 12.7. The molecule has 1 atom stereocenters. The third kappa shape index (κ3) is 5.09. The Morgan fingerprint density at radius 2 is 2.40 bits per heavy atom. The Morgan fingerprint density at radius 3 is 3.00 bits per heavy atom. The van der Waals surface area contributed by atoms with Crippen molar-refractivity contribution in [3.05, 3.63) is 22.4 Å².